The van der Waals surface area contributed by atoms with Gasteiger partial charge in [0.25, 0.3) is 0 Å². The summed E-state index contributed by atoms with van der Waals surface area (Å²) in [5.41, 5.74) is 4.03. The van der Waals surface area contributed by atoms with Gasteiger partial charge in [-0.25, -0.2) is 9.78 Å². The summed E-state index contributed by atoms with van der Waals surface area (Å²) in [6.45, 7) is 0.251. The van der Waals surface area contributed by atoms with Crippen LogP contribution in [0.5, 0.6) is 11.5 Å². The molecule has 5 rings (SSSR count). The second-order valence-corrected chi connectivity index (χ2v) is 8.29. The summed E-state index contributed by atoms with van der Waals surface area (Å²) in [5.74, 6) is 1.67. The van der Waals surface area contributed by atoms with E-state index in [1.807, 2.05) is 66.5 Å². The van der Waals surface area contributed by atoms with Gasteiger partial charge >= 0.3 is 5.97 Å². The normalized spacial score (nSPS) is 12.1. The molecule has 0 saturated carbocycles. The van der Waals surface area contributed by atoms with Gasteiger partial charge in [0, 0.05) is 40.5 Å². The van der Waals surface area contributed by atoms with Gasteiger partial charge in [-0.1, -0.05) is 0 Å². The minimum absolute atomic E-state index is 0. The molecule has 0 amide bonds. The number of hydrogen-bond donors (Lipinski definition) is 1. The van der Waals surface area contributed by atoms with Crippen LogP contribution in [0.25, 0.3) is 21.9 Å². The highest BCUT2D eigenvalue weighted by Gasteiger charge is 2.28. The number of carbonyl (C=O) groups is 1. The molecule has 34 heavy (non-hydrogen) atoms. The Bertz CT molecular complexity index is 1370. The molecule has 174 valence electrons. The van der Waals surface area contributed by atoms with E-state index in [0.29, 0.717) is 17.1 Å². The maximum Gasteiger partial charge on any atom is 0.339 e. The summed E-state index contributed by atoms with van der Waals surface area (Å²) in [4.78, 5) is 20.2. The number of carbonyl (C=O) groups excluding carboxylic acids is 1. The van der Waals surface area contributed by atoms with Crippen LogP contribution >= 0.6 is 25.0 Å². The van der Waals surface area contributed by atoms with Gasteiger partial charge in [-0.2, -0.15) is 0 Å². The van der Waals surface area contributed by atoms with Crippen LogP contribution in [-0.2, 0) is 11.3 Å². The van der Waals surface area contributed by atoms with E-state index in [9.17, 15) is 4.79 Å². The molecule has 1 aliphatic heterocycles. The fraction of sp³-hybridized carbons (Fsp3) is 0.154. The highest BCUT2D eigenvalue weighted by atomic mass is 35.5. The molecule has 3 aromatic carbocycles. The van der Waals surface area contributed by atoms with Gasteiger partial charge in [0.15, 0.2) is 11.5 Å². The van der Waals surface area contributed by atoms with E-state index in [4.69, 9.17) is 14.2 Å². The molecular weight excluding hydrogens is 472 g/mol. The average Bonchev–Trinajstić information content (AvgIpc) is 3.21. The maximum atomic E-state index is 12.7. The highest BCUT2D eigenvalue weighted by molar-refractivity contribution is 7.80. The second-order valence-electron chi connectivity index (χ2n) is 7.77. The number of esters is 1. The van der Waals surface area contributed by atoms with Crippen molar-refractivity contribution in [1.82, 2.24) is 4.98 Å². The first-order valence-corrected chi connectivity index (χ1v) is 10.8. The van der Waals surface area contributed by atoms with Crippen LogP contribution in [-0.4, -0.2) is 32.2 Å². The number of rotatable bonds is 5. The van der Waals surface area contributed by atoms with E-state index in [2.05, 4.69) is 17.6 Å². The molecule has 0 bridgehead atoms. The highest BCUT2D eigenvalue weighted by Crippen LogP contribution is 2.42. The number of cyclic esters (lactones) is 1. The van der Waals surface area contributed by atoms with Crippen molar-refractivity contribution >= 4 is 53.3 Å². The summed E-state index contributed by atoms with van der Waals surface area (Å²) in [5, 5.41) is 1.81. The fourth-order valence-electron chi connectivity index (χ4n) is 4.19. The zero-order valence-electron chi connectivity index (χ0n) is 18.9. The predicted octanol–water partition coefficient (Wildman–Crippen LogP) is 6.07. The van der Waals surface area contributed by atoms with Crippen molar-refractivity contribution in [2.24, 2.45) is 0 Å². The number of halogens is 1. The van der Waals surface area contributed by atoms with Gasteiger partial charge in [-0.15, -0.1) is 25.0 Å². The van der Waals surface area contributed by atoms with Crippen molar-refractivity contribution in [1.29, 1.82) is 0 Å². The molecule has 0 radical (unpaired) electrons. The molecule has 0 saturated heterocycles. The Morgan fingerprint density at radius 3 is 2.32 bits per heavy atom. The number of aromatic nitrogens is 1. The predicted molar refractivity (Wildman–Crippen MR) is 138 cm³/mol. The standard InChI is InChI=1S/C26H22N2O4S.ClH/c1-28(18-5-7-19(33)8-6-18)23-9-4-15(13-27-23)24-20-12-22(31-3)21(30-2)11-16(20)10-17-14-32-26(29)25(17)24;/h4-13,33H,14H2,1-3H3;1H. The number of methoxy groups -OCH3 is 2. The summed E-state index contributed by atoms with van der Waals surface area (Å²) < 4.78 is 16.4. The first-order chi connectivity index (χ1) is 16.0. The first-order valence-electron chi connectivity index (χ1n) is 10.4. The van der Waals surface area contributed by atoms with E-state index in [1.165, 1.54) is 0 Å². The average molecular weight is 495 g/mol. The largest absolute Gasteiger partial charge is 0.493 e. The first kappa shape index (κ1) is 23.7. The van der Waals surface area contributed by atoms with E-state index < -0.39 is 0 Å². The van der Waals surface area contributed by atoms with Crippen LogP contribution in [0.3, 0.4) is 0 Å². The molecule has 6 nitrogen and oxygen atoms in total. The number of ether oxygens (including phenoxy) is 3. The van der Waals surface area contributed by atoms with Crippen LogP contribution < -0.4 is 14.4 Å². The quantitative estimate of drug-likeness (QED) is 0.268. The summed E-state index contributed by atoms with van der Waals surface area (Å²) in [6, 6.07) is 17.6. The van der Waals surface area contributed by atoms with Gasteiger partial charge < -0.3 is 19.1 Å². The molecule has 0 aliphatic carbocycles. The Hall–Kier alpha value is -3.42. The third-order valence-corrected chi connectivity index (χ3v) is 6.20. The van der Waals surface area contributed by atoms with Gasteiger partial charge in [0.05, 0.1) is 19.8 Å². The smallest absolute Gasteiger partial charge is 0.339 e. The van der Waals surface area contributed by atoms with Crippen LogP contribution in [0.15, 0.2) is 65.7 Å². The molecule has 1 aliphatic rings. The number of pyridine rings is 1. The third-order valence-electron chi connectivity index (χ3n) is 5.91. The van der Waals surface area contributed by atoms with E-state index >= 15 is 0 Å². The van der Waals surface area contributed by atoms with Crippen molar-refractivity contribution in [2.45, 2.75) is 11.5 Å². The van der Waals surface area contributed by atoms with Gasteiger partial charge in [-0.3, -0.25) is 0 Å². The Morgan fingerprint density at radius 1 is 0.971 bits per heavy atom. The van der Waals surface area contributed by atoms with Crippen molar-refractivity contribution < 1.29 is 19.0 Å². The Labute approximate surface area is 209 Å². The van der Waals surface area contributed by atoms with Gasteiger partial charge in [-0.05, 0) is 65.4 Å². The summed E-state index contributed by atoms with van der Waals surface area (Å²) in [6.07, 6.45) is 1.79. The Balaban J connectivity index is 0.00000274. The number of benzene rings is 3. The van der Waals surface area contributed by atoms with E-state index in [-0.39, 0.29) is 25.0 Å². The van der Waals surface area contributed by atoms with E-state index in [1.54, 1.807) is 20.4 Å². The van der Waals surface area contributed by atoms with E-state index in [0.717, 1.165) is 43.9 Å². The van der Waals surface area contributed by atoms with Crippen LogP contribution in [0, 0.1) is 0 Å². The molecule has 0 fully saturated rings. The number of hydrogen-bond acceptors (Lipinski definition) is 7. The molecule has 1 aromatic heterocycles. The lowest BCUT2D eigenvalue weighted by Crippen LogP contribution is -2.10. The molecule has 0 N–H and O–H groups in total. The molecule has 4 aromatic rings. The zero-order valence-corrected chi connectivity index (χ0v) is 20.6. The van der Waals surface area contributed by atoms with Crippen LogP contribution in [0.1, 0.15) is 15.9 Å². The minimum Gasteiger partial charge on any atom is -0.493 e. The van der Waals surface area contributed by atoms with Crippen molar-refractivity contribution in [3.05, 3.63) is 71.9 Å². The summed E-state index contributed by atoms with van der Waals surface area (Å²) >= 11 is 4.35. The van der Waals surface area contributed by atoms with Crippen molar-refractivity contribution in [3.63, 3.8) is 0 Å². The topological polar surface area (TPSA) is 60.9 Å². The van der Waals surface area contributed by atoms with Crippen molar-refractivity contribution in [3.8, 4) is 22.6 Å². The lowest BCUT2D eigenvalue weighted by molar-refractivity contribution is 0.0535. The zero-order chi connectivity index (χ0) is 23.1. The molecule has 8 heteroatoms. The third kappa shape index (κ3) is 4.02. The molecule has 0 spiro atoms. The number of thiol groups is 1. The second kappa shape index (κ2) is 9.44. The SMILES string of the molecule is COc1cc2cc3c(c(-c4ccc(N(C)c5ccc(S)cc5)nc4)c2cc1OC)C(=O)OC3.Cl. The lowest BCUT2D eigenvalue weighted by Gasteiger charge is -2.19. The molecule has 0 unspecified atom stereocenters. The van der Waals surface area contributed by atoms with Gasteiger partial charge in [0.1, 0.15) is 12.4 Å². The van der Waals surface area contributed by atoms with Gasteiger partial charge in [0.2, 0.25) is 0 Å². The monoisotopic (exact) mass is 494 g/mol. The molecular formula is C26H23ClN2O4S. The summed E-state index contributed by atoms with van der Waals surface area (Å²) in [7, 11) is 5.16. The van der Waals surface area contributed by atoms with Crippen molar-refractivity contribution in [2.75, 3.05) is 26.2 Å². The Kier molecular flexibility index (Phi) is 6.59. The number of nitrogens with zero attached hydrogens (tertiary/aromatic N) is 2. The maximum absolute atomic E-state index is 12.7. The number of anilines is 2. The number of fused-ring (bicyclic) bond motifs is 2. The lowest BCUT2D eigenvalue weighted by atomic mass is 9.91. The minimum atomic E-state index is -0.329. The van der Waals surface area contributed by atoms with Crippen LogP contribution in [0.2, 0.25) is 0 Å². The van der Waals surface area contributed by atoms with Crippen LogP contribution in [0.4, 0.5) is 11.5 Å². The molecule has 0 atom stereocenters. The fourth-order valence-corrected chi connectivity index (χ4v) is 4.34. The Morgan fingerprint density at radius 2 is 1.68 bits per heavy atom. The molecule has 2 heterocycles.